The van der Waals surface area contributed by atoms with Crippen LogP contribution in [0.15, 0.2) is 30.6 Å². The second kappa shape index (κ2) is 7.09. The topological polar surface area (TPSA) is 68.2 Å². The predicted molar refractivity (Wildman–Crippen MR) is 84.6 cm³/mol. The van der Waals surface area contributed by atoms with Crippen LogP contribution in [0.2, 0.25) is 0 Å². The monoisotopic (exact) mass is 302 g/mol. The van der Waals surface area contributed by atoms with Crippen LogP contribution in [0.1, 0.15) is 22.7 Å². The molecule has 118 valence electrons. The largest absolute Gasteiger partial charge is 0.496 e. The van der Waals surface area contributed by atoms with Crippen molar-refractivity contribution in [1.29, 1.82) is 0 Å². The Morgan fingerprint density at radius 3 is 2.82 bits per heavy atom. The number of amides is 1. The molecule has 0 aliphatic carbocycles. The summed E-state index contributed by atoms with van der Waals surface area (Å²) in [6.07, 6.45) is 3.52. The van der Waals surface area contributed by atoms with Crippen LogP contribution in [0.5, 0.6) is 5.75 Å². The van der Waals surface area contributed by atoms with Crippen LogP contribution in [-0.2, 0) is 18.4 Å². The minimum atomic E-state index is -0.416. The number of hydrogen-bond acceptors (Lipinski definition) is 4. The molecule has 1 amide bonds. The lowest BCUT2D eigenvalue weighted by Crippen LogP contribution is -2.35. The second-order valence-corrected chi connectivity index (χ2v) is 5.19. The number of benzene rings is 1. The van der Waals surface area contributed by atoms with Gasteiger partial charge in [0.15, 0.2) is 0 Å². The quantitative estimate of drug-likeness (QED) is 0.844. The van der Waals surface area contributed by atoms with Gasteiger partial charge in [0.2, 0.25) is 5.91 Å². The summed E-state index contributed by atoms with van der Waals surface area (Å²) in [6, 6.07) is 5.49. The molecule has 1 unspecified atom stereocenters. The van der Waals surface area contributed by atoms with Crippen LogP contribution < -0.4 is 15.4 Å². The maximum Gasteiger partial charge on any atom is 0.242 e. The van der Waals surface area contributed by atoms with Gasteiger partial charge >= 0.3 is 0 Å². The SMILES string of the molecule is CNC(C(=O)NCc1ccc(C)c(OC)c1)c1cnn(C)c1. The summed E-state index contributed by atoms with van der Waals surface area (Å²) < 4.78 is 6.98. The first kappa shape index (κ1) is 16.0. The van der Waals surface area contributed by atoms with Gasteiger partial charge in [-0.2, -0.15) is 5.10 Å². The van der Waals surface area contributed by atoms with E-state index in [1.54, 1.807) is 25.0 Å². The number of ether oxygens (including phenoxy) is 1. The zero-order valence-corrected chi connectivity index (χ0v) is 13.4. The molecule has 0 radical (unpaired) electrons. The molecule has 0 saturated carbocycles. The van der Waals surface area contributed by atoms with Crippen molar-refractivity contribution in [3.63, 3.8) is 0 Å². The number of nitrogens with one attached hydrogen (secondary N) is 2. The third-order valence-electron chi connectivity index (χ3n) is 3.55. The normalized spacial score (nSPS) is 12.0. The molecule has 1 heterocycles. The summed E-state index contributed by atoms with van der Waals surface area (Å²) in [5.41, 5.74) is 2.90. The highest BCUT2D eigenvalue weighted by atomic mass is 16.5. The predicted octanol–water partition coefficient (Wildman–Crippen LogP) is 1.31. The van der Waals surface area contributed by atoms with Crippen LogP contribution >= 0.6 is 0 Å². The van der Waals surface area contributed by atoms with E-state index in [0.717, 1.165) is 22.4 Å². The van der Waals surface area contributed by atoms with Gasteiger partial charge in [0, 0.05) is 25.4 Å². The number of carbonyl (C=O) groups excluding carboxylic acids is 1. The van der Waals surface area contributed by atoms with E-state index in [1.807, 2.05) is 38.4 Å². The molecule has 0 aliphatic heterocycles. The number of likely N-dealkylation sites (N-methyl/N-ethyl adjacent to an activating group) is 1. The molecule has 1 aromatic carbocycles. The minimum absolute atomic E-state index is 0.0879. The average Bonchev–Trinajstić information content (AvgIpc) is 2.93. The fourth-order valence-corrected chi connectivity index (χ4v) is 2.30. The lowest BCUT2D eigenvalue weighted by atomic mass is 10.1. The number of aromatic nitrogens is 2. The number of methoxy groups -OCH3 is 1. The Balaban J connectivity index is 2.02. The van der Waals surface area contributed by atoms with Gasteiger partial charge in [0.1, 0.15) is 11.8 Å². The average molecular weight is 302 g/mol. The molecule has 2 rings (SSSR count). The molecular formula is C16H22N4O2. The molecule has 0 bridgehead atoms. The Bertz CT molecular complexity index is 651. The Labute approximate surface area is 130 Å². The van der Waals surface area contributed by atoms with Crippen LogP contribution in [-0.4, -0.2) is 29.8 Å². The van der Waals surface area contributed by atoms with E-state index in [2.05, 4.69) is 15.7 Å². The van der Waals surface area contributed by atoms with Crippen molar-refractivity contribution in [2.24, 2.45) is 7.05 Å². The van der Waals surface area contributed by atoms with Gasteiger partial charge in [-0.05, 0) is 31.2 Å². The fourth-order valence-electron chi connectivity index (χ4n) is 2.30. The van der Waals surface area contributed by atoms with Crippen LogP contribution in [0.25, 0.3) is 0 Å². The van der Waals surface area contributed by atoms with Crippen molar-refractivity contribution < 1.29 is 9.53 Å². The summed E-state index contributed by atoms with van der Waals surface area (Å²) in [6.45, 7) is 2.44. The zero-order chi connectivity index (χ0) is 16.1. The molecule has 2 N–H and O–H groups in total. The van der Waals surface area contributed by atoms with E-state index in [1.165, 1.54) is 0 Å². The Kier molecular flexibility index (Phi) is 5.16. The summed E-state index contributed by atoms with van der Waals surface area (Å²) in [5.74, 6) is 0.735. The fraction of sp³-hybridized carbons (Fsp3) is 0.375. The standard InChI is InChI=1S/C16H22N4O2/c1-11-5-6-12(7-14(11)22-4)8-18-16(21)15(17-2)13-9-19-20(3)10-13/h5-7,9-10,15,17H,8H2,1-4H3,(H,18,21). The highest BCUT2D eigenvalue weighted by Crippen LogP contribution is 2.19. The Morgan fingerprint density at radius 2 is 2.23 bits per heavy atom. The summed E-state index contributed by atoms with van der Waals surface area (Å²) >= 11 is 0. The highest BCUT2D eigenvalue weighted by molar-refractivity contribution is 5.83. The molecule has 22 heavy (non-hydrogen) atoms. The van der Waals surface area contributed by atoms with Gasteiger partial charge < -0.3 is 15.4 Å². The van der Waals surface area contributed by atoms with E-state index in [4.69, 9.17) is 4.74 Å². The molecule has 1 aromatic heterocycles. The summed E-state index contributed by atoms with van der Waals surface area (Å²) in [4.78, 5) is 12.3. The first-order valence-corrected chi connectivity index (χ1v) is 7.12. The van der Waals surface area contributed by atoms with Crippen LogP contribution in [0, 0.1) is 6.92 Å². The molecular weight excluding hydrogens is 280 g/mol. The van der Waals surface area contributed by atoms with E-state index in [0.29, 0.717) is 6.54 Å². The van der Waals surface area contributed by atoms with Crippen molar-refractivity contribution in [2.45, 2.75) is 19.5 Å². The van der Waals surface area contributed by atoms with Gasteiger partial charge in [-0.15, -0.1) is 0 Å². The molecule has 6 nitrogen and oxygen atoms in total. The lowest BCUT2D eigenvalue weighted by molar-refractivity contribution is -0.123. The van der Waals surface area contributed by atoms with E-state index in [9.17, 15) is 4.79 Å². The van der Waals surface area contributed by atoms with Gasteiger partial charge in [0.05, 0.1) is 13.3 Å². The molecule has 6 heteroatoms. The molecule has 0 fully saturated rings. The number of aryl methyl sites for hydroxylation is 2. The first-order chi connectivity index (χ1) is 10.5. The number of hydrogen-bond donors (Lipinski definition) is 2. The Hall–Kier alpha value is -2.34. The second-order valence-electron chi connectivity index (χ2n) is 5.19. The van der Waals surface area contributed by atoms with Crippen molar-refractivity contribution in [2.75, 3.05) is 14.2 Å². The summed E-state index contributed by atoms with van der Waals surface area (Å²) in [7, 11) is 5.23. The maximum absolute atomic E-state index is 12.3. The van der Waals surface area contributed by atoms with Crippen molar-refractivity contribution in [3.8, 4) is 5.75 Å². The first-order valence-electron chi connectivity index (χ1n) is 7.12. The van der Waals surface area contributed by atoms with E-state index < -0.39 is 6.04 Å². The smallest absolute Gasteiger partial charge is 0.242 e. The molecule has 2 aromatic rings. The third-order valence-corrected chi connectivity index (χ3v) is 3.55. The molecule has 0 spiro atoms. The van der Waals surface area contributed by atoms with Crippen molar-refractivity contribution in [1.82, 2.24) is 20.4 Å². The zero-order valence-electron chi connectivity index (χ0n) is 13.4. The van der Waals surface area contributed by atoms with Crippen molar-refractivity contribution >= 4 is 5.91 Å². The van der Waals surface area contributed by atoms with Crippen molar-refractivity contribution in [3.05, 3.63) is 47.3 Å². The Morgan fingerprint density at radius 1 is 1.45 bits per heavy atom. The van der Waals surface area contributed by atoms with Gasteiger partial charge in [-0.25, -0.2) is 0 Å². The van der Waals surface area contributed by atoms with Gasteiger partial charge in [-0.3, -0.25) is 9.48 Å². The third kappa shape index (κ3) is 3.65. The van der Waals surface area contributed by atoms with E-state index >= 15 is 0 Å². The van der Waals surface area contributed by atoms with Crippen LogP contribution in [0.4, 0.5) is 0 Å². The maximum atomic E-state index is 12.3. The number of nitrogens with zero attached hydrogens (tertiary/aromatic N) is 2. The molecule has 1 atom stereocenters. The van der Waals surface area contributed by atoms with E-state index in [-0.39, 0.29) is 5.91 Å². The lowest BCUT2D eigenvalue weighted by Gasteiger charge is -2.15. The molecule has 0 saturated heterocycles. The van der Waals surface area contributed by atoms with Gasteiger partial charge in [0.25, 0.3) is 0 Å². The number of rotatable bonds is 6. The number of carbonyl (C=O) groups is 1. The molecule has 0 aliphatic rings. The van der Waals surface area contributed by atoms with Crippen LogP contribution in [0.3, 0.4) is 0 Å². The van der Waals surface area contributed by atoms with Gasteiger partial charge in [-0.1, -0.05) is 12.1 Å². The summed E-state index contributed by atoms with van der Waals surface area (Å²) in [5, 5.41) is 10.0. The minimum Gasteiger partial charge on any atom is -0.496 e. The highest BCUT2D eigenvalue weighted by Gasteiger charge is 2.19.